The van der Waals surface area contributed by atoms with Gasteiger partial charge in [-0.1, -0.05) is 12.1 Å². The van der Waals surface area contributed by atoms with Gasteiger partial charge in [0.05, 0.1) is 5.69 Å². The van der Waals surface area contributed by atoms with Crippen LogP contribution in [-0.2, 0) is 0 Å². The number of nitrogens with one attached hydrogen (secondary N) is 2. The van der Waals surface area contributed by atoms with E-state index in [9.17, 15) is 9.59 Å². The lowest BCUT2D eigenvalue weighted by Crippen LogP contribution is -2.34. The van der Waals surface area contributed by atoms with E-state index in [2.05, 4.69) is 15.5 Å². The van der Waals surface area contributed by atoms with Crippen LogP contribution >= 0.6 is 0 Å². The van der Waals surface area contributed by atoms with Crippen molar-refractivity contribution in [3.63, 3.8) is 0 Å². The largest absolute Gasteiger partial charge is 0.325 e. The molecule has 0 fully saturated rings. The predicted molar refractivity (Wildman–Crippen MR) is 82.2 cm³/mol. The van der Waals surface area contributed by atoms with Gasteiger partial charge in [-0.3, -0.25) is 4.79 Å². The summed E-state index contributed by atoms with van der Waals surface area (Å²) in [5.41, 5.74) is 1.92. The smallest absolute Gasteiger partial charge is 0.321 e. The molecular formula is C15H18N4O2. The molecule has 21 heavy (non-hydrogen) atoms. The highest BCUT2D eigenvalue weighted by Gasteiger charge is 2.09. The van der Waals surface area contributed by atoms with Crippen molar-refractivity contribution in [2.45, 2.75) is 13.8 Å². The number of hydrogen-bond acceptors (Lipinski definition) is 3. The van der Waals surface area contributed by atoms with Crippen LogP contribution in [0.5, 0.6) is 0 Å². The lowest BCUT2D eigenvalue weighted by molar-refractivity contribution is 0.217. The van der Waals surface area contributed by atoms with Crippen molar-refractivity contribution in [3.05, 3.63) is 46.8 Å². The molecule has 6 heteroatoms. The zero-order valence-electron chi connectivity index (χ0n) is 12.1. The maximum absolute atomic E-state index is 12.0. The number of anilines is 1. The molecule has 0 aliphatic rings. The van der Waals surface area contributed by atoms with E-state index in [1.54, 1.807) is 11.0 Å². The highest BCUT2D eigenvalue weighted by atomic mass is 16.2. The number of benzene rings is 1. The Morgan fingerprint density at radius 3 is 2.62 bits per heavy atom. The summed E-state index contributed by atoms with van der Waals surface area (Å²) in [6.45, 7) is 5.18. The van der Waals surface area contributed by atoms with Gasteiger partial charge in [0.2, 0.25) is 0 Å². The second kappa shape index (κ2) is 6.69. The molecule has 1 heterocycles. The Bertz CT molecular complexity index is 657. The summed E-state index contributed by atoms with van der Waals surface area (Å²) in [6.07, 6.45) is 0. The van der Waals surface area contributed by atoms with Crippen LogP contribution < -0.4 is 10.9 Å². The molecule has 6 nitrogen and oxygen atoms in total. The van der Waals surface area contributed by atoms with Crippen LogP contribution in [0.3, 0.4) is 0 Å². The van der Waals surface area contributed by atoms with E-state index >= 15 is 0 Å². The maximum atomic E-state index is 12.0. The summed E-state index contributed by atoms with van der Waals surface area (Å²) in [6, 6.07) is 10.3. The summed E-state index contributed by atoms with van der Waals surface area (Å²) < 4.78 is 0. The molecule has 2 amide bonds. The first-order valence-corrected chi connectivity index (χ1v) is 6.86. The van der Waals surface area contributed by atoms with Gasteiger partial charge in [0.1, 0.15) is 0 Å². The minimum absolute atomic E-state index is 0.133. The molecule has 2 rings (SSSR count). The van der Waals surface area contributed by atoms with Crippen molar-refractivity contribution in [2.24, 2.45) is 0 Å². The highest BCUT2D eigenvalue weighted by Crippen LogP contribution is 2.19. The van der Waals surface area contributed by atoms with Crippen molar-refractivity contribution in [1.29, 1.82) is 0 Å². The van der Waals surface area contributed by atoms with Gasteiger partial charge in [-0.25, -0.2) is 9.89 Å². The summed E-state index contributed by atoms with van der Waals surface area (Å²) >= 11 is 0. The average Bonchev–Trinajstić information content (AvgIpc) is 2.49. The molecule has 0 radical (unpaired) electrons. The number of carbonyl (C=O) groups is 1. The monoisotopic (exact) mass is 286 g/mol. The molecule has 110 valence electrons. The Hall–Kier alpha value is -2.63. The molecule has 0 spiro atoms. The second-order valence-corrected chi connectivity index (χ2v) is 4.49. The molecular weight excluding hydrogens is 268 g/mol. The Morgan fingerprint density at radius 1 is 1.24 bits per heavy atom. The Morgan fingerprint density at radius 2 is 2.00 bits per heavy atom. The number of hydrogen-bond donors (Lipinski definition) is 2. The standard InChI is InChI=1S/C15H18N4O2/c1-3-19(4-2)15(21)16-12-7-5-6-11(10-12)13-8-9-14(20)18-17-13/h5-10H,3-4H2,1-2H3,(H,16,21)(H,18,20). The number of H-pyrrole nitrogens is 1. The van der Waals surface area contributed by atoms with Crippen molar-refractivity contribution in [3.8, 4) is 11.3 Å². The number of carbonyl (C=O) groups excluding carboxylic acids is 1. The van der Waals surface area contributed by atoms with Crippen LogP contribution in [0, 0.1) is 0 Å². The van der Waals surface area contributed by atoms with Crippen LogP contribution in [0.4, 0.5) is 10.5 Å². The van der Waals surface area contributed by atoms with Crippen molar-refractivity contribution in [1.82, 2.24) is 15.1 Å². The SMILES string of the molecule is CCN(CC)C(=O)Nc1cccc(-c2ccc(=O)[nH]n2)c1. The van der Waals surface area contributed by atoms with Crippen LogP contribution in [0.1, 0.15) is 13.8 Å². The third-order valence-corrected chi connectivity index (χ3v) is 3.14. The van der Waals surface area contributed by atoms with Gasteiger partial charge in [0.25, 0.3) is 5.56 Å². The van der Waals surface area contributed by atoms with E-state index in [1.165, 1.54) is 6.07 Å². The first-order valence-electron chi connectivity index (χ1n) is 6.86. The molecule has 0 atom stereocenters. The maximum Gasteiger partial charge on any atom is 0.321 e. The first kappa shape index (κ1) is 14.8. The zero-order valence-corrected chi connectivity index (χ0v) is 12.1. The van der Waals surface area contributed by atoms with E-state index in [4.69, 9.17) is 0 Å². The third-order valence-electron chi connectivity index (χ3n) is 3.14. The van der Waals surface area contributed by atoms with Gasteiger partial charge in [0.15, 0.2) is 0 Å². The number of amides is 2. The van der Waals surface area contributed by atoms with Crippen LogP contribution in [-0.4, -0.2) is 34.2 Å². The lowest BCUT2D eigenvalue weighted by atomic mass is 10.1. The van der Waals surface area contributed by atoms with Gasteiger partial charge in [0, 0.05) is 30.4 Å². The minimum atomic E-state index is -0.246. The Kier molecular flexibility index (Phi) is 4.71. The van der Waals surface area contributed by atoms with Gasteiger partial charge in [-0.05, 0) is 32.0 Å². The number of nitrogens with zero attached hydrogens (tertiary/aromatic N) is 2. The van der Waals surface area contributed by atoms with Crippen molar-refractivity contribution in [2.75, 3.05) is 18.4 Å². The molecule has 0 saturated carbocycles. The quantitative estimate of drug-likeness (QED) is 0.905. The molecule has 0 bridgehead atoms. The molecule has 0 aliphatic heterocycles. The predicted octanol–water partition coefficient (Wildman–Crippen LogP) is 2.31. The summed E-state index contributed by atoms with van der Waals surface area (Å²) in [5.74, 6) is 0. The molecule has 1 aromatic heterocycles. The van der Waals surface area contributed by atoms with E-state index < -0.39 is 0 Å². The minimum Gasteiger partial charge on any atom is -0.325 e. The summed E-state index contributed by atoms with van der Waals surface area (Å²) in [5, 5.41) is 9.22. The molecule has 0 saturated heterocycles. The van der Waals surface area contributed by atoms with Gasteiger partial charge < -0.3 is 10.2 Å². The van der Waals surface area contributed by atoms with E-state index in [-0.39, 0.29) is 11.6 Å². The zero-order chi connectivity index (χ0) is 15.2. The molecule has 0 aliphatic carbocycles. The Balaban J connectivity index is 2.20. The van der Waals surface area contributed by atoms with Gasteiger partial charge in [-0.15, -0.1) is 0 Å². The van der Waals surface area contributed by atoms with Gasteiger partial charge >= 0.3 is 6.03 Å². The molecule has 2 N–H and O–H groups in total. The van der Waals surface area contributed by atoms with E-state index in [0.717, 1.165) is 5.56 Å². The number of aromatic amines is 1. The average molecular weight is 286 g/mol. The number of rotatable bonds is 4. The van der Waals surface area contributed by atoms with Crippen LogP contribution in [0.25, 0.3) is 11.3 Å². The fourth-order valence-corrected chi connectivity index (χ4v) is 1.97. The summed E-state index contributed by atoms with van der Waals surface area (Å²) in [4.78, 5) is 24.7. The second-order valence-electron chi connectivity index (χ2n) is 4.49. The van der Waals surface area contributed by atoms with Crippen molar-refractivity contribution >= 4 is 11.7 Å². The van der Waals surface area contributed by atoms with E-state index in [1.807, 2.05) is 38.1 Å². The molecule has 1 aromatic carbocycles. The lowest BCUT2D eigenvalue weighted by Gasteiger charge is -2.19. The number of urea groups is 1. The Labute approximate surface area is 122 Å². The highest BCUT2D eigenvalue weighted by molar-refractivity contribution is 5.90. The fourth-order valence-electron chi connectivity index (χ4n) is 1.97. The summed E-state index contributed by atoms with van der Waals surface area (Å²) in [7, 11) is 0. The third kappa shape index (κ3) is 3.68. The van der Waals surface area contributed by atoms with E-state index in [0.29, 0.717) is 24.5 Å². The van der Waals surface area contributed by atoms with Crippen LogP contribution in [0.2, 0.25) is 0 Å². The normalized spacial score (nSPS) is 10.2. The topological polar surface area (TPSA) is 78.1 Å². The van der Waals surface area contributed by atoms with Crippen molar-refractivity contribution < 1.29 is 4.79 Å². The first-order chi connectivity index (χ1) is 10.1. The molecule has 0 unspecified atom stereocenters. The van der Waals surface area contributed by atoms with Gasteiger partial charge in [-0.2, -0.15) is 5.10 Å². The molecule has 2 aromatic rings. The van der Waals surface area contributed by atoms with Crippen LogP contribution in [0.15, 0.2) is 41.2 Å². The fraction of sp³-hybridized carbons (Fsp3) is 0.267. The number of aromatic nitrogens is 2.